The van der Waals surface area contributed by atoms with Gasteiger partial charge in [0.2, 0.25) is 0 Å². The molecule has 0 aliphatic heterocycles. The Bertz CT molecular complexity index is 900. The number of aromatic nitrogens is 1. The van der Waals surface area contributed by atoms with Crippen molar-refractivity contribution in [1.82, 2.24) is 4.98 Å². The first kappa shape index (κ1) is 15.9. The van der Waals surface area contributed by atoms with Crippen molar-refractivity contribution in [3.63, 3.8) is 0 Å². The molecule has 0 unspecified atom stereocenters. The first-order valence-electron chi connectivity index (χ1n) is 7.57. The van der Waals surface area contributed by atoms with E-state index in [2.05, 4.69) is 4.98 Å². The van der Waals surface area contributed by atoms with Gasteiger partial charge in [0.15, 0.2) is 6.29 Å². The van der Waals surface area contributed by atoms with Gasteiger partial charge in [0.1, 0.15) is 5.52 Å². The second kappa shape index (κ2) is 6.64. The molecule has 3 aromatic rings. The van der Waals surface area contributed by atoms with Gasteiger partial charge in [-0.1, -0.05) is 30.3 Å². The zero-order valence-electron chi connectivity index (χ0n) is 13.1. The number of H-pyrrole nitrogens is 1. The van der Waals surface area contributed by atoms with Crippen LogP contribution in [0.5, 0.6) is 0 Å². The summed E-state index contributed by atoms with van der Waals surface area (Å²) in [6.45, 7) is 2.62. The largest absolute Gasteiger partial charge is 0.377 e. The highest BCUT2D eigenvalue weighted by Gasteiger charge is 2.21. The van der Waals surface area contributed by atoms with Gasteiger partial charge in [-0.25, -0.2) is 0 Å². The van der Waals surface area contributed by atoms with Crippen LogP contribution in [-0.2, 0) is 11.3 Å². The molecule has 0 saturated heterocycles. The molecule has 0 spiro atoms. The summed E-state index contributed by atoms with van der Waals surface area (Å²) in [5, 5.41) is 12.0. The van der Waals surface area contributed by atoms with Gasteiger partial charge < -0.3 is 9.72 Å². The molecule has 122 valence electrons. The van der Waals surface area contributed by atoms with Crippen LogP contribution in [0.15, 0.2) is 42.5 Å². The maximum atomic E-state index is 11.7. The number of non-ortho nitro benzene ring substituents is 1. The van der Waals surface area contributed by atoms with E-state index in [1.54, 1.807) is 6.07 Å². The van der Waals surface area contributed by atoms with Crippen LogP contribution in [0.25, 0.3) is 22.2 Å². The molecular formula is C18H16N2O4. The number of aldehydes is 1. The van der Waals surface area contributed by atoms with E-state index in [4.69, 9.17) is 4.74 Å². The Morgan fingerprint density at radius 1 is 1.25 bits per heavy atom. The predicted octanol–water partition coefficient (Wildman–Crippen LogP) is 4.09. The lowest BCUT2D eigenvalue weighted by Crippen LogP contribution is -1.96. The lowest BCUT2D eigenvalue weighted by atomic mass is 10.0. The lowest BCUT2D eigenvalue weighted by molar-refractivity contribution is -0.383. The maximum absolute atomic E-state index is 11.7. The molecule has 0 radical (unpaired) electrons. The van der Waals surface area contributed by atoms with Crippen LogP contribution in [0.3, 0.4) is 0 Å². The van der Waals surface area contributed by atoms with Gasteiger partial charge in [0, 0.05) is 23.6 Å². The number of hydrogen-bond donors (Lipinski definition) is 1. The molecule has 3 rings (SSSR count). The third kappa shape index (κ3) is 2.79. The molecule has 0 amide bonds. The monoisotopic (exact) mass is 324 g/mol. The third-order valence-electron chi connectivity index (χ3n) is 3.84. The fourth-order valence-electron chi connectivity index (χ4n) is 2.76. The fraction of sp³-hybridized carbons (Fsp3) is 0.167. The first-order chi connectivity index (χ1) is 11.7. The highest BCUT2D eigenvalue weighted by Crippen LogP contribution is 2.35. The van der Waals surface area contributed by atoms with Crippen molar-refractivity contribution in [2.75, 3.05) is 6.61 Å². The Balaban J connectivity index is 2.28. The van der Waals surface area contributed by atoms with Gasteiger partial charge in [-0.05, 0) is 24.1 Å². The molecule has 0 aliphatic rings. The second-order valence-corrected chi connectivity index (χ2v) is 5.33. The summed E-state index contributed by atoms with van der Waals surface area (Å²) in [5.41, 5.74) is 2.75. The number of nitro groups is 1. The molecule has 1 heterocycles. The summed E-state index contributed by atoms with van der Waals surface area (Å²) in [6.07, 6.45) is 0.731. The van der Waals surface area contributed by atoms with E-state index in [-0.39, 0.29) is 12.3 Å². The molecule has 0 saturated carbocycles. The Labute approximate surface area is 138 Å². The summed E-state index contributed by atoms with van der Waals surface area (Å²) >= 11 is 0. The minimum absolute atomic E-state index is 0.0625. The van der Waals surface area contributed by atoms with Crippen molar-refractivity contribution in [2.24, 2.45) is 0 Å². The number of carbonyl (C=O) groups excluding carboxylic acids is 1. The molecule has 0 atom stereocenters. The molecule has 6 heteroatoms. The summed E-state index contributed by atoms with van der Waals surface area (Å²) in [7, 11) is 0. The Morgan fingerprint density at radius 2 is 2.00 bits per heavy atom. The molecule has 1 aromatic heterocycles. The number of carbonyl (C=O) groups is 1. The Hall–Kier alpha value is -2.99. The van der Waals surface area contributed by atoms with Crippen LogP contribution in [0, 0.1) is 10.1 Å². The molecule has 0 aliphatic carbocycles. The van der Waals surface area contributed by atoms with Crippen molar-refractivity contribution in [3.05, 3.63) is 63.7 Å². The minimum Gasteiger partial charge on any atom is -0.377 e. The van der Waals surface area contributed by atoms with Crippen molar-refractivity contribution in [3.8, 4) is 11.3 Å². The van der Waals surface area contributed by atoms with E-state index < -0.39 is 4.92 Å². The molecule has 24 heavy (non-hydrogen) atoms. The maximum Gasteiger partial charge on any atom is 0.293 e. The number of benzene rings is 2. The first-order valence-corrected chi connectivity index (χ1v) is 7.57. The second-order valence-electron chi connectivity index (χ2n) is 5.33. The van der Waals surface area contributed by atoms with E-state index >= 15 is 0 Å². The number of ether oxygens (including phenoxy) is 1. The van der Waals surface area contributed by atoms with Crippen molar-refractivity contribution in [1.29, 1.82) is 0 Å². The zero-order valence-corrected chi connectivity index (χ0v) is 13.1. The molecule has 6 nitrogen and oxygen atoms in total. The topological polar surface area (TPSA) is 85.2 Å². The highest BCUT2D eigenvalue weighted by molar-refractivity contribution is 6.07. The number of nitro benzene ring substituents is 1. The van der Waals surface area contributed by atoms with E-state index in [1.165, 1.54) is 6.07 Å². The summed E-state index contributed by atoms with van der Waals surface area (Å²) in [4.78, 5) is 25.7. The van der Waals surface area contributed by atoms with E-state index in [1.807, 2.05) is 37.3 Å². The van der Waals surface area contributed by atoms with E-state index in [9.17, 15) is 14.9 Å². The van der Waals surface area contributed by atoms with Crippen LogP contribution in [0.2, 0.25) is 0 Å². The molecule has 0 fully saturated rings. The van der Waals surface area contributed by atoms with Gasteiger partial charge in [0.25, 0.3) is 5.69 Å². The number of nitrogens with one attached hydrogen (secondary N) is 1. The molecular weight excluding hydrogens is 308 g/mol. The summed E-state index contributed by atoms with van der Waals surface area (Å²) in [5.74, 6) is 0. The lowest BCUT2D eigenvalue weighted by Gasteiger charge is -2.03. The number of fused-ring (bicyclic) bond motifs is 1. The van der Waals surface area contributed by atoms with Crippen LogP contribution >= 0.6 is 0 Å². The average Bonchev–Trinajstić information content (AvgIpc) is 2.98. The van der Waals surface area contributed by atoms with Gasteiger partial charge in [-0.3, -0.25) is 14.9 Å². The van der Waals surface area contributed by atoms with Gasteiger partial charge in [-0.15, -0.1) is 0 Å². The Kier molecular flexibility index (Phi) is 4.39. The number of hydrogen-bond acceptors (Lipinski definition) is 4. The Morgan fingerprint density at radius 3 is 2.62 bits per heavy atom. The van der Waals surface area contributed by atoms with Crippen LogP contribution in [-0.4, -0.2) is 22.8 Å². The number of rotatable bonds is 6. The predicted molar refractivity (Wildman–Crippen MR) is 91.1 cm³/mol. The highest BCUT2D eigenvalue weighted by atomic mass is 16.6. The van der Waals surface area contributed by atoms with Crippen LogP contribution in [0.4, 0.5) is 5.69 Å². The smallest absolute Gasteiger partial charge is 0.293 e. The molecule has 1 N–H and O–H groups in total. The van der Waals surface area contributed by atoms with E-state index in [0.717, 1.165) is 11.8 Å². The van der Waals surface area contributed by atoms with Crippen molar-refractivity contribution < 1.29 is 14.5 Å². The van der Waals surface area contributed by atoms with Crippen molar-refractivity contribution >= 4 is 22.9 Å². The van der Waals surface area contributed by atoms with Crippen LogP contribution < -0.4 is 0 Å². The van der Waals surface area contributed by atoms with Crippen LogP contribution in [0.1, 0.15) is 22.8 Å². The normalized spacial score (nSPS) is 10.9. The van der Waals surface area contributed by atoms with Gasteiger partial charge in [-0.2, -0.15) is 0 Å². The third-order valence-corrected chi connectivity index (χ3v) is 3.84. The molecule has 2 aromatic carbocycles. The minimum atomic E-state index is -0.447. The average molecular weight is 324 g/mol. The van der Waals surface area contributed by atoms with E-state index in [0.29, 0.717) is 34.3 Å². The van der Waals surface area contributed by atoms with Gasteiger partial charge in [0.05, 0.1) is 17.2 Å². The SMILES string of the molecule is CCOCc1cc([N+](=O)[O-])c2[nH]c(-c3ccccc3)c(C=O)c2c1. The van der Waals surface area contributed by atoms with Crippen molar-refractivity contribution in [2.45, 2.75) is 13.5 Å². The summed E-state index contributed by atoms with van der Waals surface area (Å²) < 4.78 is 5.35. The number of nitrogens with zero attached hydrogens (tertiary/aromatic N) is 1. The fourth-order valence-corrected chi connectivity index (χ4v) is 2.76. The van der Waals surface area contributed by atoms with Gasteiger partial charge >= 0.3 is 0 Å². The quantitative estimate of drug-likeness (QED) is 0.420. The molecule has 0 bridgehead atoms. The summed E-state index contributed by atoms with van der Waals surface area (Å²) in [6, 6.07) is 12.5. The zero-order chi connectivity index (χ0) is 17.1. The standard InChI is InChI=1S/C18H16N2O4/c1-2-24-11-12-8-14-15(10-21)17(13-6-4-3-5-7-13)19-18(14)16(9-12)20(22)23/h3-10,19H,2,11H2,1H3. The number of aromatic amines is 1.